The Morgan fingerprint density at radius 1 is 1.00 bits per heavy atom. The summed E-state index contributed by atoms with van der Waals surface area (Å²) >= 11 is 0. The zero-order chi connectivity index (χ0) is 15.4. The number of hydrogen-bond acceptors (Lipinski definition) is 3. The lowest BCUT2D eigenvalue weighted by Gasteiger charge is -2.13. The lowest BCUT2D eigenvalue weighted by atomic mass is 10.2. The number of benzene rings is 2. The molecule has 0 heterocycles. The predicted molar refractivity (Wildman–Crippen MR) is 95.4 cm³/mol. The summed E-state index contributed by atoms with van der Waals surface area (Å²) in [5.74, 6) is 0.710. The molecule has 0 bridgehead atoms. The van der Waals surface area contributed by atoms with Crippen molar-refractivity contribution in [2.45, 2.75) is 31.8 Å². The van der Waals surface area contributed by atoms with Gasteiger partial charge in [-0.15, -0.1) is 12.4 Å². The lowest BCUT2D eigenvalue weighted by molar-refractivity contribution is 0.102. The van der Waals surface area contributed by atoms with Crippen molar-refractivity contribution in [3.63, 3.8) is 0 Å². The molecule has 0 atom stereocenters. The van der Waals surface area contributed by atoms with Crippen LogP contribution in [-0.4, -0.2) is 12.0 Å². The Bertz CT molecular complexity index is 635. The Morgan fingerprint density at radius 3 is 2.22 bits per heavy atom. The van der Waals surface area contributed by atoms with Gasteiger partial charge in [-0.1, -0.05) is 0 Å². The molecule has 1 aliphatic carbocycles. The molecule has 2 aromatic rings. The largest absolute Gasteiger partial charge is 0.490 e. The first-order valence-corrected chi connectivity index (χ1v) is 7.64. The van der Waals surface area contributed by atoms with E-state index in [1.807, 2.05) is 24.3 Å². The maximum Gasteiger partial charge on any atom is 0.255 e. The summed E-state index contributed by atoms with van der Waals surface area (Å²) in [4.78, 5) is 12.1. The van der Waals surface area contributed by atoms with E-state index in [0.29, 0.717) is 17.4 Å². The summed E-state index contributed by atoms with van der Waals surface area (Å²) in [6, 6.07) is 14.4. The number of nitrogen functional groups attached to an aromatic ring is 1. The number of amides is 1. The fourth-order valence-corrected chi connectivity index (χ4v) is 2.65. The van der Waals surface area contributed by atoms with E-state index >= 15 is 0 Å². The van der Waals surface area contributed by atoms with Gasteiger partial charge < -0.3 is 15.8 Å². The van der Waals surface area contributed by atoms with Crippen LogP contribution in [-0.2, 0) is 0 Å². The third-order valence-corrected chi connectivity index (χ3v) is 3.89. The van der Waals surface area contributed by atoms with Gasteiger partial charge in [-0.05, 0) is 74.2 Å². The Kier molecular flexibility index (Phi) is 5.88. The first kappa shape index (κ1) is 17.2. The predicted octanol–water partition coefficient (Wildman–Crippen LogP) is 4.26. The average Bonchev–Trinajstić information content (AvgIpc) is 3.03. The highest BCUT2D eigenvalue weighted by atomic mass is 35.5. The second-order valence-corrected chi connectivity index (χ2v) is 5.62. The van der Waals surface area contributed by atoms with Gasteiger partial charge in [0.2, 0.25) is 0 Å². The molecule has 4 nitrogen and oxygen atoms in total. The van der Waals surface area contributed by atoms with Crippen molar-refractivity contribution in [1.82, 2.24) is 0 Å². The first-order valence-electron chi connectivity index (χ1n) is 7.64. The summed E-state index contributed by atoms with van der Waals surface area (Å²) in [7, 11) is 0. The number of anilines is 2. The molecule has 23 heavy (non-hydrogen) atoms. The van der Waals surface area contributed by atoms with Crippen LogP contribution in [0, 0.1) is 0 Å². The summed E-state index contributed by atoms with van der Waals surface area (Å²) < 4.78 is 5.91. The number of carbonyl (C=O) groups excluding carboxylic acids is 1. The van der Waals surface area contributed by atoms with E-state index in [-0.39, 0.29) is 18.3 Å². The van der Waals surface area contributed by atoms with E-state index in [1.54, 1.807) is 24.3 Å². The van der Waals surface area contributed by atoms with E-state index in [4.69, 9.17) is 10.5 Å². The van der Waals surface area contributed by atoms with Crippen LogP contribution in [0.1, 0.15) is 36.0 Å². The van der Waals surface area contributed by atoms with Gasteiger partial charge in [0.1, 0.15) is 5.75 Å². The van der Waals surface area contributed by atoms with Crippen LogP contribution in [0.2, 0.25) is 0 Å². The van der Waals surface area contributed by atoms with E-state index < -0.39 is 0 Å². The first-order chi connectivity index (χ1) is 10.7. The molecule has 0 aliphatic heterocycles. The monoisotopic (exact) mass is 332 g/mol. The number of carbonyl (C=O) groups is 1. The quantitative estimate of drug-likeness (QED) is 0.822. The highest BCUT2D eigenvalue weighted by molar-refractivity contribution is 6.04. The van der Waals surface area contributed by atoms with Gasteiger partial charge >= 0.3 is 0 Å². The lowest BCUT2D eigenvalue weighted by Crippen LogP contribution is -2.12. The van der Waals surface area contributed by atoms with Crippen LogP contribution in [0.15, 0.2) is 48.5 Å². The van der Waals surface area contributed by atoms with E-state index in [2.05, 4.69) is 5.32 Å². The van der Waals surface area contributed by atoms with Gasteiger partial charge in [0.05, 0.1) is 6.10 Å². The van der Waals surface area contributed by atoms with Crippen LogP contribution in [0.3, 0.4) is 0 Å². The van der Waals surface area contributed by atoms with Gasteiger partial charge in [0.25, 0.3) is 5.91 Å². The Labute approximate surface area is 142 Å². The highest BCUT2D eigenvalue weighted by Crippen LogP contribution is 2.25. The van der Waals surface area contributed by atoms with Crippen LogP contribution in [0.25, 0.3) is 0 Å². The highest BCUT2D eigenvalue weighted by Gasteiger charge is 2.16. The van der Waals surface area contributed by atoms with Gasteiger partial charge in [-0.2, -0.15) is 0 Å². The van der Waals surface area contributed by atoms with Gasteiger partial charge in [0, 0.05) is 16.9 Å². The SMILES string of the molecule is Cl.Nc1ccc(C(=O)Nc2ccc(OC3CCCC3)cc2)cc1. The topological polar surface area (TPSA) is 64.4 Å². The third kappa shape index (κ3) is 4.63. The van der Waals surface area contributed by atoms with Crippen LogP contribution < -0.4 is 15.8 Å². The minimum atomic E-state index is -0.149. The number of halogens is 1. The van der Waals surface area contributed by atoms with Crippen molar-refractivity contribution >= 4 is 29.7 Å². The minimum absolute atomic E-state index is 0. The molecule has 3 rings (SSSR count). The molecule has 5 heteroatoms. The van der Waals surface area contributed by atoms with Crippen LogP contribution in [0.5, 0.6) is 5.75 Å². The van der Waals surface area contributed by atoms with Crippen molar-refractivity contribution in [1.29, 1.82) is 0 Å². The fourth-order valence-electron chi connectivity index (χ4n) is 2.65. The van der Waals surface area contributed by atoms with Crippen molar-refractivity contribution in [3.8, 4) is 5.75 Å². The molecule has 1 fully saturated rings. The van der Waals surface area contributed by atoms with Gasteiger partial charge in [-0.3, -0.25) is 4.79 Å². The smallest absolute Gasteiger partial charge is 0.255 e. The molecule has 122 valence electrons. The Hall–Kier alpha value is -2.20. The van der Waals surface area contributed by atoms with E-state index in [0.717, 1.165) is 24.3 Å². The molecule has 1 amide bonds. The number of ether oxygens (including phenoxy) is 1. The maximum atomic E-state index is 12.1. The molecule has 2 aromatic carbocycles. The average molecular weight is 333 g/mol. The zero-order valence-electron chi connectivity index (χ0n) is 12.8. The van der Waals surface area contributed by atoms with Crippen LogP contribution in [0.4, 0.5) is 11.4 Å². The molecule has 1 saturated carbocycles. The third-order valence-electron chi connectivity index (χ3n) is 3.89. The molecular weight excluding hydrogens is 312 g/mol. The van der Waals surface area contributed by atoms with Crippen molar-refractivity contribution in [2.75, 3.05) is 11.1 Å². The Morgan fingerprint density at radius 2 is 1.61 bits per heavy atom. The fraction of sp³-hybridized carbons (Fsp3) is 0.278. The van der Waals surface area contributed by atoms with Gasteiger partial charge in [0.15, 0.2) is 0 Å². The van der Waals surface area contributed by atoms with Crippen molar-refractivity contribution < 1.29 is 9.53 Å². The molecule has 0 radical (unpaired) electrons. The summed E-state index contributed by atoms with van der Waals surface area (Å²) in [6.45, 7) is 0. The number of hydrogen-bond donors (Lipinski definition) is 2. The van der Waals surface area contributed by atoms with Crippen molar-refractivity contribution in [3.05, 3.63) is 54.1 Å². The molecule has 0 unspecified atom stereocenters. The standard InChI is InChI=1S/C18H20N2O2.ClH/c19-14-7-5-13(6-8-14)18(21)20-15-9-11-17(12-10-15)22-16-3-1-2-4-16;/h5-12,16H,1-4,19H2,(H,20,21);1H. The maximum absolute atomic E-state index is 12.1. The van der Waals surface area contributed by atoms with E-state index in [9.17, 15) is 4.79 Å². The molecule has 3 N–H and O–H groups in total. The molecule has 1 aliphatic rings. The Balaban J connectivity index is 0.00000192. The number of rotatable bonds is 4. The molecule has 0 spiro atoms. The van der Waals surface area contributed by atoms with Crippen LogP contribution >= 0.6 is 12.4 Å². The summed E-state index contributed by atoms with van der Waals surface area (Å²) in [6.07, 6.45) is 5.11. The molecular formula is C18H21ClN2O2. The normalized spacial score (nSPS) is 14.1. The second-order valence-electron chi connectivity index (χ2n) is 5.62. The second kappa shape index (κ2) is 7.88. The number of nitrogens with two attached hydrogens (primary N) is 1. The molecule has 0 saturated heterocycles. The van der Waals surface area contributed by atoms with Crippen molar-refractivity contribution in [2.24, 2.45) is 0 Å². The minimum Gasteiger partial charge on any atom is -0.490 e. The van der Waals surface area contributed by atoms with E-state index in [1.165, 1.54) is 12.8 Å². The summed E-state index contributed by atoms with van der Waals surface area (Å²) in [5, 5.41) is 2.86. The molecule has 0 aromatic heterocycles. The number of nitrogens with one attached hydrogen (secondary N) is 1. The zero-order valence-corrected chi connectivity index (χ0v) is 13.6. The summed E-state index contributed by atoms with van der Waals surface area (Å²) in [5.41, 5.74) is 7.60. The van der Waals surface area contributed by atoms with Gasteiger partial charge in [-0.25, -0.2) is 0 Å².